The van der Waals surface area contributed by atoms with Gasteiger partial charge in [-0.2, -0.15) is 0 Å². The molecule has 2 aliphatic rings. The van der Waals surface area contributed by atoms with E-state index in [0.29, 0.717) is 25.6 Å². The monoisotopic (exact) mass is 377 g/mol. The van der Waals surface area contributed by atoms with E-state index in [1.165, 1.54) is 0 Å². The molecule has 7 heteroatoms. The van der Waals surface area contributed by atoms with Gasteiger partial charge in [0, 0.05) is 10.7 Å². The van der Waals surface area contributed by atoms with Crippen LogP contribution in [0.3, 0.4) is 0 Å². The summed E-state index contributed by atoms with van der Waals surface area (Å²) >= 11 is 3.46. The highest BCUT2D eigenvalue weighted by Crippen LogP contribution is 2.36. The predicted octanol–water partition coefficient (Wildman–Crippen LogP) is 3.44. The molecule has 0 saturated carbocycles. The highest BCUT2D eigenvalue weighted by molar-refractivity contribution is 9.10. The molecule has 1 fully saturated rings. The van der Waals surface area contributed by atoms with Gasteiger partial charge in [-0.1, -0.05) is 22.9 Å². The molecule has 23 heavy (non-hydrogen) atoms. The Kier molecular flexibility index (Phi) is 3.52. The number of halogens is 1. The third kappa shape index (κ3) is 2.39. The third-order valence-corrected chi connectivity index (χ3v) is 4.71. The number of hydrogen-bond donors (Lipinski definition) is 0. The molecule has 0 bridgehead atoms. The molecule has 4 rings (SSSR count). The molecule has 2 aromatic rings. The quantitative estimate of drug-likeness (QED) is 0.804. The Morgan fingerprint density at radius 2 is 2.26 bits per heavy atom. The van der Waals surface area contributed by atoms with Crippen LogP contribution >= 0.6 is 15.9 Å². The van der Waals surface area contributed by atoms with Crippen LogP contribution in [0.4, 0.5) is 10.6 Å². The Morgan fingerprint density at radius 3 is 3.09 bits per heavy atom. The summed E-state index contributed by atoms with van der Waals surface area (Å²) in [5.74, 6) is 2.26. The van der Waals surface area contributed by atoms with Crippen molar-refractivity contribution in [3.63, 3.8) is 0 Å². The molecule has 1 unspecified atom stereocenters. The minimum Gasteiger partial charge on any atom is -0.491 e. The topological polar surface area (TPSA) is 56.6 Å². The number of anilines is 1. The van der Waals surface area contributed by atoms with Gasteiger partial charge in [-0.3, -0.25) is 4.90 Å². The second kappa shape index (κ2) is 5.56. The molecule has 0 spiro atoms. The van der Waals surface area contributed by atoms with Crippen LogP contribution in [0.15, 0.2) is 28.9 Å². The van der Waals surface area contributed by atoms with Crippen LogP contribution in [-0.4, -0.2) is 34.9 Å². The molecule has 0 radical (unpaired) electrons. The second-order valence-electron chi connectivity index (χ2n) is 5.61. The van der Waals surface area contributed by atoms with E-state index in [-0.39, 0.29) is 12.1 Å². The van der Waals surface area contributed by atoms with E-state index in [1.54, 1.807) is 4.90 Å². The van der Waals surface area contributed by atoms with Gasteiger partial charge in [0.1, 0.15) is 24.8 Å². The first-order valence-electron chi connectivity index (χ1n) is 7.63. The zero-order chi connectivity index (χ0) is 16.0. The van der Waals surface area contributed by atoms with Crippen LogP contribution in [0.1, 0.15) is 13.3 Å². The second-order valence-corrected chi connectivity index (χ2v) is 6.53. The lowest BCUT2D eigenvalue weighted by molar-refractivity contribution is 0.178. The van der Waals surface area contributed by atoms with E-state index in [4.69, 9.17) is 14.5 Å². The summed E-state index contributed by atoms with van der Waals surface area (Å²) in [4.78, 5) is 18.4. The van der Waals surface area contributed by atoms with Gasteiger partial charge in [-0.05, 0) is 24.6 Å². The molecule has 1 aromatic carbocycles. The number of aromatic nitrogens is 2. The molecule has 2 aliphatic heterocycles. The zero-order valence-electron chi connectivity index (χ0n) is 12.7. The molecular formula is C16H16BrN3O3. The Balaban J connectivity index is 1.80. The number of cyclic esters (lactones) is 1. The number of hydrogen-bond acceptors (Lipinski definition) is 4. The van der Waals surface area contributed by atoms with Gasteiger partial charge in [-0.15, -0.1) is 0 Å². The fraction of sp³-hybridized carbons (Fsp3) is 0.375. The Labute approximate surface area is 142 Å². The van der Waals surface area contributed by atoms with Gasteiger partial charge in [0.25, 0.3) is 0 Å². The van der Waals surface area contributed by atoms with E-state index in [2.05, 4.69) is 15.9 Å². The van der Waals surface area contributed by atoms with Gasteiger partial charge in [0.15, 0.2) is 5.82 Å². The summed E-state index contributed by atoms with van der Waals surface area (Å²) in [6, 6.07) is 5.93. The summed E-state index contributed by atoms with van der Waals surface area (Å²) in [5.41, 5.74) is 0.928. The van der Waals surface area contributed by atoms with Gasteiger partial charge < -0.3 is 14.0 Å². The average molecular weight is 378 g/mol. The maximum atomic E-state index is 12.0. The van der Waals surface area contributed by atoms with E-state index in [0.717, 1.165) is 28.0 Å². The van der Waals surface area contributed by atoms with Crippen molar-refractivity contribution in [1.29, 1.82) is 0 Å². The van der Waals surface area contributed by atoms with E-state index >= 15 is 0 Å². The highest BCUT2D eigenvalue weighted by Gasteiger charge is 2.35. The lowest BCUT2D eigenvalue weighted by Gasteiger charge is -2.17. The van der Waals surface area contributed by atoms with Crippen LogP contribution in [0, 0.1) is 0 Å². The zero-order valence-corrected chi connectivity index (χ0v) is 14.2. The van der Waals surface area contributed by atoms with Gasteiger partial charge in [-0.25, -0.2) is 9.78 Å². The molecule has 1 aromatic heterocycles. The van der Waals surface area contributed by atoms with Crippen molar-refractivity contribution in [2.45, 2.75) is 25.9 Å². The lowest BCUT2D eigenvalue weighted by atomic mass is 10.2. The van der Waals surface area contributed by atoms with E-state index < -0.39 is 0 Å². The van der Waals surface area contributed by atoms with Crippen LogP contribution < -0.4 is 9.64 Å². The number of ether oxygens (including phenoxy) is 2. The Hall–Kier alpha value is -2.02. The summed E-state index contributed by atoms with van der Waals surface area (Å²) in [5, 5.41) is 0. The SMILES string of the molecule is CCC1COC(=O)N1c1cn2c(n1)-c1ccc(Br)cc1OCC2. The smallest absolute Gasteiger partial charge is 0.415 e. The van der Waals surface area contributed by atoms with Gasteiger partial charge in [0.2, 0.25) is 0 Å². The van der Waals surface area contributed by atoms with Crippen molar-refractivity contribution in [2.75, 3.05) is 18.1 Å². The van der Waals surface area contributed by atoms with Crippen LogP contribution in [0.5, 0.6) is 5.75 Å². The summed E-state index contributed by atoms with van der Waals surface area (Å²) < 4.78 is 14.0. The normalized spacial score (nSPS) is 19.7. The summed E-state index contributed by atoms with van der Waals surface area (Å²) in [6.07, 6.45) is 2.42. The van der Waals surface area contributed by atoms with Crippen molar-refractivity contribution in [3.05, 3.63) is 28.9 Å². The average Bonchev–Trinajstić information content (AvgIpc) is 3.06. The Morgan fingerprint density at radius 1 is 1.39 bits per heavy atom. The minimum atomic E-state index is -0.322. The van der Waals surface area contributed by atoms with Gasteiger partial charge >= 0.3 is 6.09 Å². The molecule has 0 aliphatic carbocycles. The van der Waals surface area contributed by atoms with Gasteiger partial charge in [0.05, 0.1) is 18.2 Å². The molecule has 120 valence electrons. The molecular weight excluding hydrogens is 362 g/mol. The number of carbonyl (C=O) groups is 1. The standard InChI is InChI=1S/C16H16BrN3O3/c1-2-11-9-23-16(21)20(11)14-8-19-5-6-22-13-7-10(17)3-4-12(13)15(19)18-14/h3-4,7-8,11H,2,5-6,9H2,1H3. The summed E-state index contributed by atoms with van der Waals surface area (Å²) in [7, 11) is 0. The summed E-state index contributed by atoms with van der Waals surface area (Å²) in [6.45, 7) is 3.72. The maximum absolute atomic E-state index is 12.0. The first-order valence-corrected chi connectivity index (χ1v) is 8.42. The molecule has 1 saturated heterocycles. The Bertz CT molecular complexity index is 774. The fourth-order valence-electron chi connectivity index (χ4n) is 3.00. The van der Waals surface area contributed by atoms with Crippen molar-refractivity contribution in [2.24, 2.45) is 0 Å². The maximum Gasteiger partial charge on any atom is 0.415 e. The molecule has 1 amide bonds. The highest BCUT2D eigenvalue weighted by atomic mass is 79.9. The first-order chi connectivity index (χ1) is 11.2. The number of imidazole rings is 1. The van der Waals surface area contributed by atoms with Crippen molar-refractivity contribution >= 4 is 27.8 Å². The number of fused-ring (bicyclic) bond motifs is 3. The van der Waals surface area contributed by atoms with Crippen molar-refractivity contribution < 1.29 is 14.3 Å². The molecule has 1 atom stereocenters. The largest absolute Gasteiger partial charge is 0.491 e. The third-order valence-electron chi connectivity index (χ3n) is 4.22. The number of benzene rings is 1. The molecule has 0 N–H and O–H groups in total. The number of rotatable bonds is 2. The lowest BCUT2D eigenvalue weighted by Crippen LogP contribution is -2.33. The minimum absolute atomic E-state index is 0.0438. The van der Waals surface area contributed by atoms with Crippen molar-refractivity contribution in [3.8, 4) is 17.1 Å². The molecule has 3 heterocycles. The van der Waals surface area contributed by atoms with Crippen molar-refractivity contribution in [1.82, 2.24) is 9.55 Å². The number of nitrogens with zero attached hydrogens (tertiary/aromatic N) is 3. The number of carbonyl (C=O) groups excluding carboxylic acids is 1. The fourth-order valence-corrected chi connectivity index (χ4v) is 3.34. The van der Waals surface area contributed by atoms with E-state index in [1.807, 2.05) is 35.9 Å². The molecule has 6 nitrogen and oxygen atoms in total. The first kappa shape index (κ1) is 14.6. The van der Waals surface area contributed by atoms with Crippen LogP contribution in [-0.2, 0) is 11.3 Å². The van der Waals surface area contributed by atoms with Crippen LogP contribution in [0.2, 0.25) is 0 Å². The number of amides is 1. The predicted molar refractivity (Wildman–Crippen MR) is 88.8 cm³/mol. The van der Waals surface area contributed by atoms with E-state index in [9.17, 15) is 4.79 Å². The van der Waals surface area contributed by atoms with Crippen LogP contribution in [0.25, 0.3) is 11.4 Å².